The Morgan fingerprint density at radius 3 is 2.48 bits per heavy atom. The quantitative estimate of drug-likeness (QED) is 0.138. The minimum Gasteiger partial charge on any atom is -0.492 e. The van der Waals surface area contributed by atoms with Gasteiger partial charge in [-0.25, -0.2) is 0 Å². The fourth-order valence-electron chi connectivity index (χ4n) is 3.66. The number of hydrogen-bond acceptors (Lipinski definition) is 6. The topological polar surface area (TPSA) is 96.5 Å². The molecule has 0 bridgehead atoms. The minimum atomic E-state index is -0.462. The molecule has 0 radical (unpaired) electrons. The molecule has 3 aromatic carbocycles. The Hall–Kier alpha value is -4.34. The van der Waals surface area contributed by atoms with E-state index in [1.807, 2.05) is 61.0 Å². The first-order valence-corrected chi connectivity index (χ1v) is 14.5. The first-order valence-electron chi connectivity index (χ1n) is 12.6. The normalized spacial score (nSPS) is 11.8. The van der Waals surface area contributed by atoms with Crippen LogP contribution in [0, 0.1) is 0 Å². The summed E-state index contributed by atoms with van der Waals surface area (Å²) in [5.74, 6) is -0.398. The van der Waals surface area contributed by atoms with Crippen LogP contribution >= 0.6 is 23.1 Å². The lowest BCUT2D eigenvalue weighted by atomic mass is 10.2. The van der Waals surface area contributed by atoms with Gasteiger partial charge in [0.2, 0.25) is 5.91 Å². The minimum absolute atomic E-state index is 0.117. The second-order valence-corrected chi connectivity index (χ2v) is 10.8. The first kappa shape index (κ1) is 28.7. The summed E-state index contributed by atoms with van der Waals surface area (Å²) in [5, 5.41) is 11.9. The maximum atomic E-state index is 13.3. The van der Waals surface area contributed by atoms with Gasteiger partial charge in [0.1, 0.15) is 11.4 Å². The van der Waals surface area contributed by atoms with Crippen molar-refractivity contribution >= 4 is 58.3 Å². The summed E-state index contributed by atoms with van der Waals surface area (Å²) in [7, 11) is 0. The molecule has 0 aliphatic rings. The number of anilines is 2. The molecule has 3 N–H and O–H groups in total. The second kappa shape index (κ2) is 14.2. The summed E-state index contributed by atoms with van der Waals surface area (Å²) < 4.78 is 5.60. The van der Waals surface area contributed by atoms with Crippen molar-refractivity contribution in [1.29, 1.82) is 0 Å². The molecule has 3 amide bonds. The SMILES string of the molecule is CCOc1ccccc1NC(=O)C(C)Sc1cccc(NC(=O)/C(=C/c2ccsc2)NC(=O)c2ccccc2)c1. The summed E-state index contributed by atoms with van der Waals surface area (Å²) in [6.07, 6.45) is 1.64. The number of carbonyl (C=O) groups excluding carboxylic acids is 3. The van der Waals surface area contributed by atoms with Crippen LogP contribution in [0.25, 0.3) is 6.08 Å². The van der Waals surface area contributed by atoms with E-state index in [9.17, 15) is 14.4 Å². The lowest BCUT2D eigenvalue weighted by Crippen LogP contribution is -2.30. The van der Waals surface area contributed by atoms with Gasteiger partial charge in [0.25, 0.3) is 11.8 Å². The van der Waals surface area contributed by atoms with E-state index in [0.29, 0.717) is 29.3 Å². The molecule has 4 rings (SSSR count). The molecule has 0 fully saturated rings. The fraction of sp³-hybridized carbons (Fsp3) is 0.129. The summed E-state index contributed by atoms with van der Waals surface area (Å²) in [4.78, 5) is 39.7. The number of ether oxygens (including phenoxy) is 1. The highest BCUT2D eigenvalue weighted by Gasteiger charge is 2.18. The third-order valence-electron chi connectivity index (χ3n) is 5.60. The zero-order valence-corrected chi connectivity index (χ0v) is 23.7. The van der Waals surface area contributed by atoms with Crippen molar-refractivity contribution in [1.82, 2.24) is 5.32 Å². The van der Waals surface area contributed by atoms with Crippen LogP contribution in [0.5, 0.6) is 5.75 Å². The maximum Gasteiger partial charge on any atom is 0.272 e. The van der Waals surface area contributed by atoms with Gasteiger partial charge in [0, 0.05) is 16.1 Å². The summed E-state index contributed by atoms with van der Waals surface area (Å²) >= 11 is 2.86. The highest BCUT2D eigenvalue weighted by atomic mass is 32.2. The Labute approximate surface area is 241 Å². The van der Waals surface area contributed by atoms with Crippen molar-refractivity contribution in [3.63, 3.8) is 0 Å². The van der Waals surface area contributed by atoms with Crippen LogP contribution in [0.2, 0.25) is 0 Å². The Bertz CT molecular complexity index is 1490. The molecule has 0 saturated heterocycles. The van der Waals surface area contributed by atoms with Crippen LogP contribution in [-0.4, -0.2) is 29.6 Å². The van der Waals surface area contributed by atoms with E-state index in [1.165, 1.54) is 23.1 Å². The molecule has 1 heterocycles. The van der Waals surface area contributed by atoms with Gasteiger partial charge >= 0.3 is 0 Å². The van der Waals surface area contributed by atoms with Crippen molar-refractivity contribution in [2.75, 3.05) is 17.2 Å². The molecule has 1 atom stereocenters. The van der Waals surface area contributed by atoms with Gasteiger partial charge in [-0.2, -0.15) is 11.3 Å². The Morgan fingerprint density at radius 2 is 1.73 bits per heavy atom. The standard InChI is InChI=1S/C31H29N3O4S2/c1-3-38-28-15-8-7-14-26(28)33-29(35)21(2)40-25-13-9-12-24(19-25)32-31(37)27(18-22-16-17-39-20-22)34-30(36)23-10-5-4-6-11-23/h4-21H,3H2,1-2H3,(H,32,37)(H,33,35)(H,34,36)/b27-18-. The molecule has 4 aromatic rings. The van der Waals surface area contributed by atoms with E-state index in [2.05, 4.69) is 16.0 Å². The lowest BCUT2D eigenvalue weighted by molar-refractivity contribution is -0.115. The number of para-hydroxylation sites is 2. The van der Waals surface area contributed by atoms with E-state index in [1.54, 1.807) is 54.6 Å². The van der Waals surface area contributed by atoms with Gasteiger partial charge in [-0.15, -0.1) is 11.8 Å². The van der Waals surface area contributed by atoms with Crippen LogP contribution < -0.4 is 20.7 Å². The number of benzene rings is 3. The van der Waals surface area contributed by atoms with Crippen LogP contribution in [0.4, 0.5) is 11.4 Å². The van der Waals surface area contributed by atoms with Crippen LogP contribution in [0.3, 0.4) is 0 Å². The predicted molar refractivity (Wildman–Crippen MR) is 163 cm³/mol. The van der Waals surface area contributed by atoms with E-state index in [4.69, 9.17) is 4.74 Å². The molecular weight excluding hydrogens is 542 g/mol. The molecule has 40 heavy (non-hydrogen) atoms. The van der Waals surface area contributed by atoms with Crippen molar-refractivity contribution < 1.29 is 19.1 Å². The Kier molecular flexibility index (Phi) is 10.1. The fourth-order valence-corrected chi connectivity index (χ4v) is 5.20. The second-order valence-electron chi connectivity index (χ2n) is 8.60. The van der Waals surface area contributed by atoms with Gasteiger partial charge in [-0.05, 0) is 84.8 Å². The smallest absolute Gasteiger partial charge is 0.272 e. The Morgan fingerprint density at radius 1 is 0.950 bits per heavy atom. The largest absolute Gasteiger partial charge is 0.492 e. The molecule has 1 unspecified atom stereocenters. The first-order chi connectivity index (χ1) is 19.4. The third-order valence-corrected chi connectivity index (χ3v) is 7.40. The van der Waals surface area contributed by atoms with Gasteiger partial charge in [-0.1, -0.05) is 36.4 Å². The number of amides is 3. The molecule has 0 saturated carbocycles. The molecule has 204 valence electrons. The van der Waals surface area contributed by atoms with Gasteiger partial charge in [0.05, 0.1) is 17.5 Å². The molecule has 7 nitrogen and oxygen atoms in total. The van der Waals surface area contributed by atoms with Crippen molar-refractivity contribution in [3.8, 4) is 5.75 Å². The van der Waals surface area contributed by atoms with Crippen LogP contribution in [-0.2, 0) is 9.59 Å². The number of carbonyl (C=O) groups is 3. The lowest BCUT2D eigenvalue weighted by Gasteiger charge is -2.15. The molecule has 9 heteroatoms. The van der Waals surface area contributed by atoms with Gasteiger partial charge in [-0.3, -0.25) is 14.4 Å². The molecular formula is C31H29N3O4S2. The predicted octanol–water partition coefficient (Wildman–Crippen LogP) is 6.68. The maximum absolute atomic E-state index is 13.3. The van der Waals surface area contributed by atoms with E-state index in [0.717, 1.165) is 10.5 Å². The summed E-state index contributed by atoms with van der Waals surface area (Å²) in [6, 6.07) is 25.1. The van der Waals surface area contributed by atoms with Crippen molar-refractivity contribution in [2.45, 2.75) is 24.0 Å². The Balaban J connectivity index is 1.44. The van der Waals surface area contributed by atoms with Crippen molar-refractivity contribution in [2.24, 2.45) is 0 Å². The zero-order chi connectivity index (χ0) is 28.3. The highest BCUT2D eigenvalue weighted by molar-refractivity contribution is 8.00. The molecule has 0 aliphatic carbocycles. The summed E-state index contributed by atoms with van der Waals surface area (Å²) in [6.45, 7) is 4.20. The van der Waals surface area contributed by atoms with Crippen molar-refractivity contribution in [3.05, 3.63) is 113 Å². The number of thiophene rings is 1. The van der Waals surface area contributed by atoms with Gasteiger partial charge in [0.15, 0.2) is 0 Å². The molecule has 0 spiro atoms. The average molecular weight is 572 g/mol. The summed E-state index contributed by atoms with van der Waals surface area (Å²) in [5.41, 5.74) is 2.52. The van der Waals surface area contributed by atoms with E-state index in [-0.39, 0.29) is 17.5 Å². The van der Waals surface area contributed by atoms with E-state index >= 15 is 0 Å². The average Bonchev–Trinajstić information content (AvgIpc) is 3.47. The van der Waals surface area contributed by atoms with Gasteiger partial charge < -0.3 is 20.7 Å². The zero-order valence-electron chi connectivity index (χ0n) is 22.0. The number of thioether (sulfide) groups is 1. The van der Waals surface area contributed by atoms with E-state index < -0.39 is 11.2 Å². The molecule has 1 aromatic heterocycles. The highest BCUT2D eigenvalue weighted by Crippen LogP contribution is 2.29. The van der Waals surface area contributed by atoms with Crippen LogP contribution in [0.15, 0.2) is 106 Å². The number of nitrogens with one attached hydrogen (secondary N) is 3. The third kappa shape index (κ3) is 8.08. The van der Waals surface area contributed by atoms with Crippen LogP contribution in [0.1, 0.15) is 29.8 Å². The molecule has 0 aliphatic heterocycles. The number of rotatable bonds is 11. The number of hydrogen-bond donors (Lipinski definition) is 3. The monoisotopic (exact) mass is 571 g/mol.